The molecule has 0 fully saturated rings. The fourth-order valence-corrected chi connectivity index (χ4v) is 4.07. The average molecular weight is 272 g/mol. The van der Waals surface area contributed by atoms with E-state index in [2.05, 4.69) is 43.6 Å². The highest BCUT2D eigenvalue weighted by atomic mass is 32.1. The van der Waals surface area contributed by atoms with Crippen LogP contribution in [0.15, 0.2) is 24.3 Å². The molecule has 0 saturated carbocycles. The van der Waals surface area contributed by atoms with Gasteiger partial charge < -0.3 is 5.32 Å². The maximum atomic E-state index is 4.86. The molecule has 0 amide bonds. The molecular weight excluding hydrogens is 252 g/mol. The van der Waals surface area contributed by atoms with Crippen LogP contribution in [-0.2, 0) is 12.8 Å². The van der Waals surface area contributed by atoms with Gasteiger partial charge in [0.1, 0.15) is 0 Å². The number of nitrogens with zero attached hydrogens (tertiary/aromatic N) is 1. The van der Waals surface area contributed by atoms with Crippen molar-refractivity contribution < 1.29 is 0 Å². The van der Waals surface area contributed by atoms with Crippen molar-refractivity contribution in [3.8, 4) is 0 Å². The van der Waals surface area contributed by atoms with Crippen molar-refractivity contribution in [3.63, 3.8) is 0 Å². The number of nitrogens with one attached hydrogen (secondary N) is 1. The first-order valence-electron chi connectivity index (χ1n) is 6.98. The van der Waals surface area contributed by atoms with E-state index in [4.69, 9.17) is 4.98 Å². The van der Waals surface area contributed by atoms with Crippen LogP contribution in [-0.4, -0.2) is 12.0 Å². The van der Waals surface area contributed by atoms with Crippen LogP contribution in [0.1, 0.15) is 45.6 Å². The lowest BCUT2D eigenvalue weighted by Gasteiger charge is -2.20. The van der Waals surface area contributed by atoms with Crippen LogP contribution in [0.2, 0.25) is 0 Å². The minimum Gasteiger partial charge on any atom is -0.312 e. The lowest BCUT2D eigenvalue weighted by atomic mass is 9.98. The van der Waals surface area contributed by atoms with E-state index in [1.165, 1.54) is 39.5 Å². The molecular formula is C16H20N2S. The molecule has 0 saturated heterocycles. The van der Waals surface area contributed by atoms with Crippen LogP contribution < -0.4 is 5.32 Å². The van der Waals surface area contributed by atoms with Gasteiger partial charge >= 0.3 is 0 Å². The molecule has 0 bridgehead atoms. The molecule has 1 aromatic heterocycles. The number of aryl methyl sites for hydroxylation is 2. The molecule has 100 valence electrons. The van der Waals surface area contributed by atoms with Crippen LogP contribution in [0, 0.1) is 6.92 Å². The smallest absolute Gasteiger partial charge is 0.0975 e. The molecule has 2 nitrogen and oxygen atoms in total. The third-order valence-electron chi connectivity index (χ3n) is 3.95. The van der Waals surface area contributed by atoms with Gasteiger partial charge in [0.2, 0.25) is 0 Å². The highest BCUT2D eigenvalue weighted by molar-refractivity contribution is 7.11. The number of aromatic nitrogens is 1. The lowest BCUT2D eigenvalue weighted by molar-refractivity contribution is 0.501. The predicted octanol–water partition coefficient (Wildman–Crippen LogP) is 3.64. The van der Waals surface area contributed by atoms with Crippen molar-refractivity contribution in [3.05, 3.63) is 51.0 Å². The Hall–Kier alpha value is -1.19. The van der Waals surface area contributed by atoms with Gasteiger partial charge in [-0.1, -0.05) is 24.3 Å². The summed E-state index contributed by atoms with van der Waals surface area (Å²) in [7, 11) is 2.06. The van der Waals surface area contributed by atoms with E-state index >= 15 is 0 Å². The van der Waals surface area contributed by atoms with E-state index in [-0.39, 0.29) is 0 Å². The third kappa shape index (κ3) is 2.58. The van der Waals surface area contributed by atoms with Crippen molar-refractivity contribution in [2.75, 3.05) is 7.05 Å². The highest BCUT2D eigenvalue weighted by Gasteiger charge is 2.23. The van der Waals surface area contributed by atoms with E-state index in [9.17, 15) is 0 Å². The summed E-state index contributed by atoms with van der Waals surface area (Å²) in [5, 5.41) is 4.68. The Morgan fingerprint density at radius 3 is 3.00 bits per heavy atom. The van der Waals surface area contributed by atoms with E-state index in [0.717, 1.165) is 12.8 Å². The number of rotatable bonds is 3. The molecule has 2 aromatic rings. The number of fused-ring (bicyclic) bond motifs is 1. The summed E-state index contributed by atoms with van der Waals surface area (Å²) in [5.41, 5.74) is 4.09. The van der Waals surface area contributed by atoms with Gasteiger partial charge in [0.25, 0.3) is 0 Å². The SMILES string of the molecule is CNC1CCCc2nc(Cc3ccccc3C)sc21. The molecule has 1 aliphatic carbocycles. The average Bonchev–Trinajstić information content (AvgIpc) is 2.83. The summed E-state index contributed by atoms with van der Waals surface area (Å²) >= 11 is 1.90. The van der Waals surface area contributed by atoms with Crippen LogP contribution in [0.4, 0.5) is 0 Å². The molecule has 1 atom stereocenters. The zero-order valence-electron chi connectivity index (χ0n) is 11.6. The normalized spacial score (nSPS) is 18.3. The molecule has 1 aliphatic rings. The van der Waals surface area contributed by atoms with Gasteiger partial charge in [-0.15, -0.1) is 11.3 Å². The maximum Gasteiger partial charge on any atom is 0.0975 e. The zero-order valence-corrected chi connectivity index (χ0v) is 12.4. The topological polar surface area (TPSA) is 24.9 Å². The quantitative estimate of drug-likeness (QED) is 0.922. The minimum atomic E-state index is 0.520. The summed E-state index contributed by atoms with van der Waals surface area (Å²) < 4.78 is 0. The molecule has 0 spiro atoms. The number of benzene rings is 1. The summed E-state index contributed by atoms with van der Waals surface area (Å²) in [6.07, 6.45) is 4.63. The van der Waals surface area contributed by atoms with Crippen LogP contribution in [0.3, 0.4) is 0 Å². The Kier molecular flexibility index (Phi) is 3.67. The number of hydrogen-bond acceptors (Lipinski definition) is 3. The summed E-state index contributed by atoms with van der Waals surface area (Å²) in [5.74, 6) is 0. The first-order valence-corrected chi connectivity index (χ1v) is 7.80. The summed E-state index contributed by atoms with van der Waals surface area (Å²) in [6.45, 7) is 2.18. The molecule has 0 radical (unpaired) electrons. The van der Waals surface area contributed by atoms with Crippen LogP contribution >= 0.6 is 11.3 Å². The van der Waals surface area contributed by atoms with Crippen molar-refractivity contribution in [2.24, 2.45) is 0 Å². The van der Waals surface area contributed by atoms with Crippen LogP contribution in [0.5, 0.6) is 0 Å². The second-order valence-corrected chi connectivity index (χ2v) is 6.37. The second kappa shape index (κ2) is 5.43. The lowest BCUT2D eigenvalue weighted by Crippen LogP contribution is -2.19. The number of hydrogen-bond donors (Lipinski definition) is 1. The zero-order chi connectivity index (χ0) is 13.2. The fraction of sp³-hybridized carbons (Fsp3) is 0.438. The van der Waals surface area contributed by atoms with Crippen molar-refractivity contribution in [1.82, 2.24) is 10.3 Å². The standard InChI is InChI=1S/C16H20N2S/c1-11-6-3-4-7-12(11)10-15-18-14-9-5-8-13(17-2)16(14)19-15/h3-4,6-7,13,17H,5,8-10H2,1-2H3. The van der Waals surface area contributed by atoms with Gasteiger partial charge in [-0.2, -0.15) is 0 Å². The Balaban J connectivity index is 1.87. The molecule has 1 aromatic carbocycles. The third-order valence-corrected chi connectivity index (χ3v) is 5.16. The van der Waals surface area contributed by atoms with Gasteiger partial charge in [0.05, 0.1) is 10.7 Å². The fourth-order valence-electron chi connectivity index (χ4n) is 2.79. The molecule has 0 aliphatic heterocycles. The van der Waals surface area contributed by atoms with E-state index in [1.54, 1.807) is 0 Å². The Morgan fingerprint density at radius 1 is 1.37 bits per heavy atom. The molecule has 19 heavy (non-hydrogen) atoms. The van der Waals surface area contributed by atoms with Gasteiger partial charge in [-0.3, -0.25) is 0 Å². The van der Waals surface area contributed by atoms with Crippen LogP contribution in [0.25, 0.3) is 0 Å². The minimum absolute atomic E-state index is 0.520. The Morgan fingerprint density at radius 2 is 2.21 bits per heavy atom. The summed E-state index contributed by atoms with van der Waals surface area (Å²) in [6, 6.07) is 9.13. The first kappa shape index (κ1) is 12.8. The summed E-state index contributed by atoms with van der Waals surface area (Å²) in [4.78, 5) is 6.33. The van der Waals surface area contributed by atoms with E-state index in [0.29, 0.717) is 6.04 Å². The molecule has 3 rings (SSSR count). The monoisotopic (exact) mass is 272 g/mol. The highest BCUT2D eigenvalue weighted by Crippen LogP contribution is 2.34. The van der Waals surface area contributed by atoms with Gasteiger partial charge in [0, 0.05) is 17.3 Å². The van der Waals surface area contributed by atoms with E-state index < -0.39 is 0 Å². The second-order valence-electron chi connectivity index (χ2n) is 5.26. The maximum absolute atomic E-state index is 4.86. The molecule has 3 heteroatoms. The largest absolute Gasteiger partial charge is 0.312 e. The van der Waals surface area contributed by atoms with E-state index in [1.807, 2.05) is 11.3 Å². The van der Waals surface area contributed by atoms with Crippen molar-refractivity contribution in [2.45, 2.75) is 38.6 Å². The van der Waals surface area contributed by atoms with Gasteiger partial charge in [0.15, 0.2) is 0 Å². The van der Waals surface area contributed by atoms with Gasteiger partial charge in [-0.05, 0) is 44.4 Å². The predicted molar refractivity (Wildman–Crippen MR) is 80.8 cm³/mol. The first-order chi connectivity index (χ1) is 9.28. The molecule has 1 N–H and O–H groups in total. The number of thiazole rings is 1. The van der Waals surface area contributed by atoms with Crippen molar-refractivity contribution >= 4 is 11.3 Å². The van der Waals surface area contributed by atoms with Crippen molar-refractivity contribution in [1.29, 1.82) is 0 Å². The molecule has 1 heterocycles. The Bertz CT molecular complexity index is 574. The molecule has 1 unspecified atom stereocenters. The Labute approximate surface area is 118 Å². The van der Waals surface area contributed by atoms with Gasteiger partial charge in [-0.25, -0.2) is 4.98 Å².